The van der Waals surface area contributed by atoms with E-state index in [0.29, 0.717) is 16.8 Å². The Balaban J connectivity index is 1.79. The van der Waals surface area contributed by atoms with Gasteiger partial charge in [-0.2, -0.15) is 0 Å². The average Bonchev–Trinajstić information content (AvgIpc) is 2.85. The van der Waals surface area contributed by atoms with Crippen LogP contribution in [0.5, 0.6) is 0 Å². The van der Waals surface area contributed by atoms with Crippen molar-refractivity contribution in [2.45, 2.75) is 6.92 Å². The number of hydrogen-bond donors (Lipinski definition) is 2. The van der Waals surface area contributed by atoms with Crippen LogP contribution in [0.3, 0.4) is 0 Å². The number of hydrogen-bond acceptors (Lipinski definition) is 4. The molecule has 0 saturated heterocycles. The molecule has 2 N–H and O–H groups in total. The SMILES string of the molecule is CC1=C(c2ccc(F)cc2)S(=O)(=O)NC1=NCC(=O)Nc1ccc(F)cc1. The van der Waals surface area contributed by atoms with Crippen LogP contribution in [-0.4, -0.2) is 26.7 Å². The maximum absolute atomic E-state index is 13.1. The Morgan fingerprint density at radius 3 is 2.19 bits per heavy atom. The number of sulfonamides is 1. The Labute approximate surface area is 154 Å². The van der Waals surface area contributed by atoms with Gasteiger partial charge in [0, 0.05) is 11.3 Å². The molecule has 140 valence electrons. The molecule has 6 nitrogen and oxygen atoms in total. The standard InChI is InChI=1S/C18H15F2N3O3S/c1-11-17(12-2-4-13(19)5-3-12)27(25,26)23-18(11)21-10-16(24)22-15-8-6-14(20)7-9-15/h2-9H,10H2,1H3,(H,21,23)(H,22,24). The van der Waals surface area contributed by atoms with Crippen molar-refractivity contribution in [3.8, 4) is 0 Å². The van der Waals surface area contributed by atoms with E-state index in [0.717, 1.165) is 12.1 Å². The highest BCUT2D eigenvalue weighted by Crippen LogP contribution is 2.29. The zero-order valence-corrected chi connectivity index (χ0v) is 15.0. The van der Waals surface area contributed by atoms with Crippen molar-refractivity contribution in [1.82, 2.24) is 4.72 Å². The first-order valence-electron chi connectivity index (χ1n) is 7.86. The second-order valence-corrected chi connectivity index (χ2v) is 7.41. The summed E-state index contributed by atoms with van der Waals surface area (Å²) in [6, 6.07) is 10.2. The molecule has 27 heavy (non-hydrogen) atoms. The van der Waals surface area contributed by atoms with Crippen LogP contribution < -0.4 is 10.0 Å². The van der Waals surface area contributed by atoms with E-state index in [-0.39, 0.29) is 17.3 Å². The minimum Gasteiger partial charge on any atom is -0.324 e. The number of halogens is 2. The van der Waals surface area contributed by atoms with Crippen LogP contribution in [0.4, 0.5) is 14.5 Å². The molecule has 0 fully saturated rings. The summed E-state index contributed by atoms with van der Waals surface area (Å²) >= 11 is 0. The molecule has 1 aliphatic heterocycles. The van der Waals surface area contributed by atoms with Gasteiger partial charge < -0.3 is 5.32 Å². The summed E-state index contributed by atoms with van der Waals surface area (Å²) in [5.74, 6) is -1.35. The number of nitrogens with one attached hydrogen (secondary N) is 2. The van der Waals surface area contributed by atoms with Crippen molar-refractivity contribution in [2.24, 2.45) is 4.99 Å². The summed E-state index contributed by atoms with van der Waals surface area (Å²) < 4.78 is 53.0. The molecule has 0 radical (unpaired) electrons. The Bertz CT molecular complexity index is 1040. The highest BCUT2D eigenvalue weighted by molar-refractivity contribution is 8.00. The van der Waals surface area contributed by atoms with Crippen LogP contribution in [0.1, 0.15) is 12.5 Å². The van der Waals surface area contributed by atoms with Crippen LogP contribution >= 0.6 is 0 Å². The van der Waals surface area contributed by atoms with Gasteiger partial charge in [-0.15, -0.1) is 0 Å². The van der Waals surface area contributed by atoms with Crippen LogP contribution in [0.15, 0.2) is 59.1 Å². The van der Waals surface area contributed by atoms with Gasteiger partial charge in [-0.05, 0) is 48.9 Å². The largest absolute Gasteiger partial charge is 0.324 e. The molecular formula is C18H15F2N3O3S. The van der Waals surface area contributed by atoms with Crippen LogP contribution in [0, 0.1) is 11.6 Å². The van der Waals surface area contributed by atoms with E-state index in [4.69, 9.17) is 0 Å². The molecular weight excluding hydrogens is 376 g/mol. The lowest BCUT2D eigenvalue weighted by atomic mass is 10.1. The number of anilines is 1. The Morgan fingerprint density at radius 2 is 1.59 bits per heavy atom. The molecule has 2 aromatic carbocycles. The normalized spacial score (nSPS) is 17.1. The number of amides is 1. The van der Waals surface area contributed by atoms with Crippen molar-refractivity contribution in [2.75, 3.05) is 11.9 Å². The summed E-state index contributed by atoms with van der Waals surface area (Å²) in [4.78, 5) is 16.0. The van der Waals surface area contributed by atoms with Gasteiger partial charge in [-0.1, -0.05) is 12.1 Å². The third-order valence-electron chi connectivity index (χ3n) is 3.81. The summed E-state index contributed by atoms with van der Waals surface area (Å²) in [5.41, 5.74) is 1.05. The highest BCUT2D eigenvalue weighted by atomic mass is 32.2. The molecule has 0 saturated carbocycles. The summed E-state index contributed by atoms with van der Waals surface area (Å²) in [7, 11) is -3.86. The molecule has 0 atom stereocenters. The van der Waals surface area contributed by atoms with Crippen molar-refractivity contribution in [1.29, 1.82) is 0 Å². The van der Waals surface area contributed by atoms with Crippen molar-refractivity contribution in [3.63, 3.8) is 0 Å². The first-order valence-corrected chi connectivity index (χ1v) is 9.34. The van der Waals surface area contributed by atoms with Crippen LogP contribution in [0.2, 0.25) is 0 Å². The number of nitrogens with zero attached hydrogens (tertiary/aromatic N) is 1. The fourth-order valence-electron chi connectivity index (χ4n) is 2.57. The lowest BCUT2D eigenvalue weighted by Gasteiger charge is -2.04. The predicted octanol–water partition coefficient (Wildman–Crippen LogP) is 2.67. The maximum Gasteiger partial charge on any atom is 0.264 e. The van der Waals surface area contributed by atoms with Crippen LogP contribution in [-0.2, 0) is 14.8 Å². The van der Waals surface area contributed by atoms with Gasteiger partial charge in [-0.25, -0.2) is 17.2 Å². The lowest BCUT2D eigenvalue weighted by Crippen LogP contribution is -2.25. The maximum atomic E-state index is 13.1. The molecule has 3 rings (SSSR count). The minimum absolute atomic E-state index is 0.0137. The molecule has 2 aromatic rings. The van der Waals surface area contributed by atoms with E-state index < -0.39 is 27.6 Å². The average molecular weight is 391 g/mol. The lowest BCUT2D eigenvalue weighted by molar-refractivity contribution is -0.114. The number of carbonyl (C=O) groups excluding carboxylic acids is 1. The molecule has 0 aliphatic carbocycles. The molecule has 9 heteroatoms. The van der Waals surface area contributed by atoms with Gasteiger partial charge in [0.25, 0.3) is 10.0 Å². The summed E-state index contributed by atoms with van der Waals surface area (Å²) in [6.45, 7) is 1.22. The van der Waals surface area contributed by atoms with E-state index in [2.05, 4.69) is 15.0 Å². The highest BCUT2D eigenvalue weighted by Gasteiger charge is 2.32. The Morgan fingerprint density at radius 1 is 1.04 bits per heavy atom. The molecule has 0 aromatic heterocycles. The van der Waals surface area contributed by atoms with Gasteiger partial charge >= 0.3 is 0 Å². The molecule has 1 heterocycles. The van der Waals surface area contributed by atoms with E-state index in [9.17, 15) is 22.0 Å². The topological polar surface area (TPSA) is 87.6 Å². The number of aliphatic imine (C=N–C) groups is 1. The van der Waals surface area contributed by atoms with Gasteiger partial charge in [-0.3, -0.25) is 14.5 Å². The smallest absolute Gasteiger partial charge is 0.264 e. The van der Waals surface area contributed by atoms with E-state index in [1.54, 1.807) is 6.92 Å². The molecule has 0 bridgehead atoms. The monoisotopic (exact) mass is 391 g/mol. The number of rotatable bonds is 4. The second kappa shape index (κ2) is 7.28. The number of carbonyl (C=O) groups is 1. The van der Waals surface area contributed by atoms with E-state index in [1.807, 2.05) is 0 Å². The second-order valence-electron chi connectivity index (χ2n) is 5.79. The van der Waals surface area contributed by atoms with Crippen molar-refractivity contribution >= 4 is 32.4 Å². The Hall–Kier alpha value is -3.07. The fraction of sp³-hybridized carbons (Fsp3) is 0.111. The molecule has 0 unspecified atom stereocenters. The molecule has 1 aliphatic rings. The fourth-order valence-corrected chi connectivity index (χ4v) is 4.09. The molecule has 0 spiro atoms. The third kappa shape index (κ3) is 4.20. The zero-order valence-electron chi connectivity index (χ0n) is 14.2. The first-order chi connectivity index (χ1) is 12.8. The van der Waals surface area contributed by atoms with Crippen LogP contribution in [0.25, 0.3) is 4.91 Å². The van der Waals surface area contributed by atoms with Gasteiger partial charge in [0.15, 0.2) is 0 Å². The van der Waals surface area contributed by atoms with Crippen molar-refractivity contribution in [3.05, 3.63) is 71.3 Å². The predicted molar refractivity (Wildman–Crippen MR) is 98.4 cm³/mol. The summed E-state index contributed by atoms with van der Waals surface area (Å²) in [6.07, 6.45) is 0. The van der Waals surface area contributed by atoms with Gasteiger partial charge in [0.05, 0.1) is 0 Å². The molecule has 1 amide bonds. The Kier molecular flexibility index (Phi) is 5.04. The van der Waals surface area contributed by atoms with Gasteiger partial charge in [0.2, 0.25) is 5.91 Å². The van der Waals surface area contributed by atoms with E-state index in [1.165, 1.54) is 36.4 Å². The summed E-state index contributed by atoms with van der Waals surface area (Å²) in [5, 5.41) is 2.53. The van der Waals surface area contributed by atoms with E-state index >= 15 is 0 Å². The van der Waals surface area contributed by atoms with Gasteiger partial charge in [0.1, 0.15) is 28.9 Å². The quantitative estimate of drug-likeness (QED) is 0.840. The third-order valence-corrected chi connectivity index (χ3v) is 5.35. The first kappa shape index (κ1) is 18.7. The zero-order chi connectivity index (χ0) is 19.6. The number of benzene rings is 2. The van der Waals surface area contributed by atoms with Crippen molar-refractivity contribution < 1.29 is 22.0 Å². The number of amidine groups is 1. The minimum atomic E-state index is -3.86.